The zero-order valence-corrected chi connectivity index (χ0v) is 9.43. The van der Waals surface area contributed by atoms with E-state index in [0.29, 0.717) is 0 Å². The van der Waals surface area contributed by atoms with E-state index in [1.54, 1.807) is 0 Å². The third-order valence-corrected chi connectivity index (χ3v) is 2.85. The number of rotatable bonds is 3. The van der Waals surface area contributed by atoms with Crippen molar-refractivity contribution in [3.63, 3.8) is 0 Å². The van der Waals surface area contributed by atoms with Crippen molar-refractivity contribution in [2.75, 3.05) is 0 Å². The number of ketones is 1. The highest BCUT2D eigenvalue weighted by molar-refractivity contribution is 9.10. The number of halogens is 2. The van der Waals surface area contributed by atoms with Crippen LogP contribution in [0.3, 0.4) is 0 Å². The van der Waals surface area contributed by atoms with Crippen LogP contribution < -0.4 is 0 Å². The first-order valence-electron chi connectivity index (χ1n) is 4.10. The van der Waals surface area contributed by atoms with Gasteiger partial charge in [-0.3, -0.25) is 9.59 Å². The Bertz CT molecular complexity index is 428. The van der Waals surface area contributed by atoms with E-state index < -0.39 is 5.24 Å². The molecular weight excluding hydrogens is 267 g/mol. The molecule has 1 aliphatic carbocycles. The van der Waals surface area contributed by atoms with Gasteiger partial charge in [0.25, 0.3) is 0 Å². The molecule has 14 heavy (non-hydrogen) atoms. The van der Waals surface area contributed by atoms with Crippen LogP contribution in [0.5, 0.6) is 0 Å². The molecule has 0 aromatic heterocycles. The van der Waals surface area contributed by atoms with Gasteiger partial charge in [0.1, 0.15) is 0 Å². The number of fused-ring (bicyclic) bond motifs is 1. The second-order valence-electron chi connectivity index (χ2n) is 3.20. The van der Waals surface area contributed by atoms with Gasteiger partial charge in [0.15, 0.2) is 5.78 Å². The normalized spacial score (nSPS) is 17.4. The smallest absolute Gasteiger partial charge is 0.229 e. The van der Waals surface area contributed by atoms with Gasteiger partial charge in [-0.05, 0) is 34.9 Å². The van der Waals surface area contributed by atoms with E-state index >= 15 is 0 Å². The van der Waals surface area contributed by atoms with Crippen molar-refractivity contribution in [1.82, 2.24) is 0 Å². The molecule has 1 atom stereocenters. The summed E-state index contributed by atoms with van der Waals surface area (Å²) in [5.41, 5.74) is 2.01. The fourth-order valence-electron chi connectivity index (χ4n) is 1.57. The summed E-state index contributed by atoms with van der Waals surface area (Å²) in [7, 11) is 0. The highest BCUT2D eigenvalue weighted by atomic mass is 79.9. The molecule has 0 fully saturated rings. The molecule has 2 rings (SSSR count). The van der Waals surface area contributed by atoms with Gasteiger partial charge < -0.3 is 0 Å². The minimum Gasteiger partial charge on any atom is -0.298 e. The van der Waals surface area contributed by atoms with Gasteiger partial charge >= 0.3 is 0 Å². The first-order chi connectivity index (χ1) is 6.59. The highest BCUT2D eigenvalue weighted by Gasteiger charge is 2.38. The van der Waals surface area contributed by atoms with Crippen LogP contribution in [0.4, 0.5) is 0 Å². The van der Waals surface area contributed by atoms with Crippen LogP contribution in [-0.4, -0.2) is 11.0 Å². The number of Topliss-reactive ketones (excluding diaryl/α,β-unsaturated/α-hetero) is 1. The molecule has 1 unspecified atom stereocenters. The number of carbonyl (C=O) groups excluding carboxylic acids is 2. The predicted octanol–water partition coefficient (Wildman–Crippen LogP) is 2.62. The molecule has 2 nitrogen and oxygen atoms in total. The Morgan fingerprint density at radius 2 is 2.07 bits per heavy atom. The van der Waals surface area contributed by atoms with Crippen molar-refractivity contribution in [2.24, 2.45) is 0 Å². The van der Waals surface area contributed by atoms with Gasteiger partial charge in [-0.25, -0.2) is 0 Å². The van der Waals surface area contributed by atoms with Crippen LogP contribution in [0.15, 0.2) is 22.7 Å². The second-order valence-corrected chi connectivity index (χ2v) is 4.54. The van der Waals surface area contributed by atoms with E-state index in [0.717, 1.165) is 15.6 Å². The van der Waals surface area contributed by atoms with Crippen LogP contribution in [0.1, 0.15) is 23.5 Å². The first-order valence-corrected chi connectivity index (χ1v) is 5.27. The van der Waals surface area contributed by atoms with E-state index in [-0.39, 0.29) is 18.1 Å². The lowest BCUT2D eigenvalue weighted by atomic mass is 10.1. The van der Waals surface area contributed by atoms with Crippen LogP contribution in [-0.2, 0) is 9.59 Å². The van der Waals surface area contributed by atoms with E-state index in [1.807, 2.05) is 18.2 Å². The Balaban J connectivity index is 2.13. The lowest BCUT2D eigenvalue weighted by Crippen LogP contribution is -2.03. The van der Waals surface area contributed by atoms with E-state index in [2.05, 4.69) is 15.9 Å². The van der Waals surface area contributed by atoms with Gasteiger partial charge in [-0.15, -0.1) is 0 Å². The molecule has 0 aliphatic heterocycles. The van der Waals surface area contributed by atoms with Crippen molar-refractivity contribution in [3.05, 3.63) is 33.8 Å². The third kappa shape index (κ3) is 1.74. The monoisotopic (exact) mass is 272 g/mol. The average molecular weight is 274 g/mol. The molecule has 0 bridgehead atoms. The standard InChI is InChI=1S/C10H6BrClO2/c11-5-1-2-6-7(3-5)10(6)8(13)4-9(12)14/h1-3,10H,4H2. The summed E-state index contributed by atoms with van der Waals surface area (Å²) < 4.78 is 0.948. The summed E-state index contributed by atoms with van der Waals surface area (Å²) >= 11 is 8.47. The second kappa shape index (κ2) is 3.48. The summed E-state index contributed by atoms with van der Waals surface area (Å²) in [4.78, 5) is 22.0. The first kappa shape index (κ1) is 9.87. The van der Waals surface area contributed by atoms with Crippen LogP contribution in [0, 0.1) is 0 Å². The quantitative estimate of drug-likeness (QED) is 0.627. The zero-order valence-electron chi connectivity index (χ0n) is 7.09. The Kier molecular flexibility index (Phi) is 2.45. The number of hydrogen-bond donors (Lipinski definition) is 0. The summed E-state index contributed by atoms with van der Waals surface area (Å²) in [5, 5.41) is -0.591. The van der Waals surface area contributed by atoms with E-state index in [1.165, 1.54) is 0 Å². The van der Waals surface area contributed by atoms with Crippen molar-refractivity contribution in [3.8, 4) is 0 Å². The number of hydrogen-bond acceptors (Lipinski definition) is 2. The highest BCUT2D eigenvalue weighted by Crippen LogP contribution is 2.45. The van der Waals surface area contributed by atoms with Crippen LogP contribution in [0.25, 0.3) is 0 Å². The molecule has 4 heteroatoms. The molecule has 0 amide bonds. The maximum Gasteiger partial charge on any atom is 0.229 e. The fraction of sp³-hybridized carbons (Fsp3) is 0.200. The molecule has 0 spiro atoms. The maximum atomic E-state index is 11.5. The minimum atomic E-state index is -0.591. The van der Waals surface area contributed by atoms with Gasteiger partial charge in [0.2, 0.25) is 5.24 Å². The molecule has 0 N–H and O–H groups in total. The average Bonchev–Trinajstić information content (AvgIpc) is 2.75. The molecular formula is C10H6BrClO2. The summed E-state index contributed by atoms with van der Waals surface area (Å²) in [6, 6.07) is 5.67. The fourth-order valence-corrected chi connectivity index (χ4v) is 2.08. The third-order valence-electron chi connectivity index (χ3n) is 2.22. The molecule has 0 saturated carbocycles. The maximum absolute atomic E-state index is 11.5. The largest absolute Gasteiger partial charge is 0.298 e. The lowest BCUT2D eigenvalue weighted by Gasteiger charge is -1.90. The number of carbonyl (C=O) groups is 2. The van der Waals surface area contributed by atoms with Crippen molar-refractivity contribution >= 4 is 38.6 Å². The van der Waals surface area contributed by atoms with Crippen LogP contribution >= 0.6 is 27.5 Å². The summed E-state index contributed by atoms with van der Waals surface area (Å²) in [6.45, 7) is 0. The van der Waals surface area contributed by atoms with Crippen LogP contribution in [0.2, 0.25) is 0 Å². The predicted molar refractivity (Wildman–Crippen MR) is 56.5 cm³/mol. The van der Waals surface area contributed by atoms with Gasteiger partial charge in [-0.2, -0.15) is 0 Å². The summed E-state index contributed by atoms with van der Waals surface area (Å²) in [6.07, 6.45) is -0.182. The van der Waals surface area contributed by atoms with Crippen molar-refractivity contribution in [1.29, 1.82) is 0 Å². The number of benzene rings is 1. The topological polar surface area (TPSA) is 34.1 Å². The minimum absolute atomic E-state index is 0.113. The van der Waals surface area contributed by atoms with Crippen molar-refractivity contribution in [2.45, 2.75) is 12.3 Å². The molecule has 0 heterocycles. The van der Waals surface area contributed by atoms with E-state index in [4.69, 9.17) is 11.6 Å². The Morgan fingerprint density at radius 1 is 1.36 bits per heavy atom. The zero-order chi connectivity index (χ0) is 10.3. The van der Waals surface area contributed by atoms with Gasteiger partial charge in [0.05, 0.1) is 12.3 Å². The molecule has 1 aromatic carbocycles. The SMILES string of the molecule is O=C(Cl)CC(=O)C1c2ccc(Br)cc21. The molecule has 0 radical (unpaired) electrons. The Labute approximate surface area is 94.4 Å². The van der Waals surface area contributed by atoms with E-state index in [9.17, 15) is 9.59 Å². The lowest BCUT2D eigenvalue weighted by molar-refractivity contribution is -0.123. The van der Waals surface area contributed by atoms with Crippen molar-refractivity contribution < 1.29 is 9.59 Å². The summed E-state index contributed by atoms with van der Waals surface area (Å²) in [5.74, 6) is -0.304. The van der Waals surface area contributed by atoms with Gasteiger partial charge in [0, 0.05) is 4.47 Å². The molecule has 72 valence electrons. The van der Waals surface area contributed by atoms with Gasteiger partial charge in [-0.1, -0.05) is 22.0 Å². The molecule has 1 aromatic rings. The molecule has 0 saturated heterocycles. The Hall–Kier alpha value is -0.670. The molecule has 1 aliphatic rings. The Morgan fingerprint density at radius 3 is 2.64 bits per heavy atom.